The fourth-order valence-corrected chi connectivity index (χ4v) is 9.76. The number of nitrogens with zero attached hydrogens (tertiary/aromatic N) is 2. The SMILES string of the molecule is c1ccc2c(c1)Oc1cccc3c4ccc(-c5ccc(-n6c7ccccc7c7cc(-c8cccc9sc%10ccccc%10c89)ccc76)cc5)cc4n-2c13. The molecule has 242 valence electrons. The van der Waals surface area contributed by atoms with E-state index < -0.39 is 0 Å². The Kier molecular flexibility index (Phi) is 5.65. The van der Waals surface area contributed by atoms with Gasteiger partial charge in [0.05, 0.1) is 27.8 Å². The molecular formula is C48H28N2OS. The van der Waals surface area contributed by atoms with E-state index in [0.717, 1.165) is 28.4 Å². The zero-order valence-electron chi connectivity index (χ0n) is 27.9. The second-order valence-corrected chi connectivity index (χ2v) is 14.8. The van der Waals surface area contributed by atoms with Crippen molar-refractivity contribution in [1.29, 1.82) is 0 Å². The van der Waals surface area contributed by atoms with Gasteiger partial charge < -0.3 is 13.9 Å². The van der Waals surface area contributed by atoms with E-state index in [1.807, 2.05) is 23.5 Å². The van der Waals surface area contributed by atoms with Crippen LogP contribution in [0.15, 0.2) is 170 Å². The number of benzene rings is 8. The Morgan fingerprint density at radius 1 is 0.404 bits per heavy atom. The van der Waals surface area contributed by atoms with Gasteiger partial charge in [-0.3, -0.25) is 0 Å². The maximum absolute atomic E-state index is 6.34. The number of para-hydroxylation sites is 4. The van der Waals surface area contributed by atoms with E-state index in [0.29, 0.717) is 0 Å². The Balaban J connectivity index is 0.992. The highest BCUT2D eigenvalue weighted by atomic mass is 32.1. The average molecular weight is 681 g/mol. The highest BCUT2D eigenvalue weighted by molar-refractivity contribution is 7.25. The van der Waals surface area contributed by atoms with E-state index >= 15 is 0 Å². The van der Waals surface area contributed by atoms with Gasteiger partial charge in [0.2, 0.25) is 0 Å². The van der Waals surface area contributed by atoms with Crippen LogP contribution in [-0.4, -0.2) is 9.13 Å². The fourth-order valence-electron chi connectivity index (χ4n) is 8.63. The molecule has 1 aliphatic heterocycles. The van der Waals surface area contributed by atoms with Crippen LogP contribution < -0.4 is 4.74 Å². The lowest BCUT2D eigenvalue weighted by Crippen LogP contribution is -2.03. The Hall–Kier alpha value is -6.62. The standard InChI is InChI=1S/C48H28N2OS/c1-3-13-39-34(9-1)38-27-31(33-11-8-18-46-47(33)37-10-2-6-17-45(37)52-46)22-26-40(38)49(39)32-23-19-29(20-24-32)30-21-25-35-36-12-7-16-44-48(36)50(42(35)28-30)41-14-4-5-15-43(41)51-44/h1-28H. The molecule has 3 nitrogen and oxygen atoms in total. The van der Waals surface area contributed by atoms with Gasteiger partial charge in [0.1, 0.15) is 0 Å². The summed E-state index contributed by atoms with van der Waals surface area (Å²) in [7, 11) is 0. The van der Waals surface area contributed by atoms with Gasteiger partial charge in [0.15, 0.2) is 11.5 Å². The molecule has 0 amide bonds. The van der Waals surface area contributed by atoms with E-state index in [1.54, 1.807) is 0 Å². The molecule has 0 aliphatic carbocycles. The first-order chi connectivity index (χ1) is 25.8. The summed E-state index contributed by atoms with van der Waals surface area (Å²) in [5.74, 6) is 1.78. The minimum Gasteiger partial charge on any atom is -0.453 e. The number of hydrogen-bond donors (Lipinski definition) is 0. The van der Waals surface area contributed by atoms with Gasteiger partial charge in [0, 0.05) is 47.4 Å². The first-order valence-electron chi connectivity index (χ1n) is 17.7. The molecule has 0 spiro atoms. The lowest BCUT2D eigenvalue weighted by Gasteiger charge is -2.20. The molecule has 0 saturated carbocycles. The Morgan fingerprint density at radius 3 is 2.04 bits per heavy atom. The molecule has 4 heteroatoms. The smallest absolute Gasteiger partial charge is 0.152 e. The highest BCUT2D eigenvalue weighted by Crippen LogP contribution is 2.46. The largest absolute Gasteiger partial charge is 0.453 e. The summed E-state index contributed by atoms with van der Waals surface area (Å²) in [5, 5.41) is 7.62. The van der Waals surface area contributed by atoms with Crippen molar-refractivity contribution in [2.45, 2.75) is 0 Å². The normalized spacial score (nSPS) is 12.4. The Bertz CT molecular complexity index is 3270. The first kappa shape index (κ1) is 28.1. The minimum atomic E-state index is 0.880. The van der Waals surface area contributed by atoms with Crippen molar-refractivity contribution in [3.63, 3.8) is 0 Å². The number of ether oxygens (including phenoxy) is 1. The molecule has 8 aromatic carbocycles. The van der Waals surface area contributed by atoms with Crippen LogP contribution >= 0.6 is 11.3 Å². The minimum absolute atomic E-state index is 0.880. The summed E-state index contributed by atoms with van der Waals surface area (Å²) in [6.07, 6.45) is 0. The van der Waals surface area contributed by atoms with Crippen molar-refractivity contribution in [2.24, 2.45) is 0 Å². The van der Waals surface area contributed by atoms with Crippen molar-refractivity contribution >= 4 is 75.1 Å². The van der Waals surface area contributed by atoms with E-state index in [4.69, 9.17) is 4.74 Å². The first-order valence-corrected chi connectivity index (χ1v) is 18.5. The highest BCUT2D eigenvalue weighted by Gasteiger charge is 2.23. The molecule has 0 saturated heterocycles. The van der Waals surface area contributed by atoms with Crippen molar-refractivity contribution in [3.8, 4) is 45.1 Å². The maximum Gasteiger partial charge on any atom is 0.152 e. The van der Waals surface area contributed by atoms with E-state index in [2.05, 4.69) is 167 Å². The Morgan fingerprint density at radius 2 is 1.10 bits per heavy atom. The van der Waals surface area contributed by atoms with Gasteiger partial charge in [-0.05, 0) is 89.0 Å². The predicted octanol–water partition coefficient (Wildman–Crippen LogP) is 13.7. The monoisotopic (exact) mass is 680 g/mol. The third-order valence-corrected chi connectivity index (χ3v) is 12.1. The van der Waals surface area contributed by atoms with Gasteiger partial charge >= 0.3 is 0 Å². The second-order valence-electron chi connectivity index (χ2n) is 13.7. The summed E-state index contributed by atoms with van der Waals surface area (Å²) >= 11 is 1.87. The quantitative estimate of drug-likeness (QED) is 0.182. The van der Waals surface area contributed by atoms with Crippen LogP contribution in [0.1, 0.15) is 0 Å². The summed E-state index contributed by atoms with van der Waals surface area (Å²) in [4.78, 5) is 0. The molecule has 3 aromatic heterocycles. The van der Waals surface area contributed by atoms with Crippen LogP contribution in [0.2, 0.25) is 0 Å². The second kappa shape index (κ2) is 10.5. The summed E-state index contributed by atoms with van der Waals surface area (Å²) in [6.45, 7) is 0. The molecule has 0 N–H and O–H groups in total. The Labute approximate surface area is 302 Å². The van der Waals surface area contributed by atoms with E-state index in [9.17, 15) is 0 Å². The number of rotatable bonds is 3. The van der Waals surface area contributed by atoms with Gasteiger partial charge in [0.25, 0.3) is 0 Å². The van der Waals surface area contributed by atoms with E-state index in [-0.39, 0.29) is 0 Å². The van der Waals surface area contributed by atoms with Gasteiger partial charge in [-0.2, -0.15) is 0 Å². The number of thiophene rings is 1. The van der Waals surface area contributed by atoms with Crippen molar-refractivity contribution in [3.05, 3.63) is 170 Å². The summed E-state index contributed by atoms with van der Waals surface area (Å²) in [5.41, 5.74) is 11.8. The van der Waals surface area contributed by atoms with Crippen LogP contribution in [0.4, 0.5) is 0 Å². The van der Waals surface area contributed by atoms with Gasteiger partial charge in [-0.25, -0.2) is 0 Å². The van der Waals surface area contributed by atoms with Crippen molar-refractivity contribution < 1.29 is 4.74 Å². The van der Waals surface area contributed by atoms with E-state index in [1.165, 1.54) is 80.5 Å². The maximum atomic E-state index is 6.34. The van der Waals surface area contributed by atoms with Crippen LogP contribution in [0.3, 0.4) is 0 Å². The molecule has 0 atom stereocenters. The molecule has 0 radical (unpaired) electrons. The van der Waals surface area contributed by atoms with Crippen LogP contribution in [0.25, 0.3) is 97.4 Å². The summed E-state index contributed by atoms with van der Waals surface area (Å²) in [6, 6.07) is 61.8. The average Bonchev–Trinajstić information content (AvgIpc) is 3.86. The van der Waals surface area contributed by atoms with Gasteiger partial charge in [-0.1, -0.05) is 103 Å². The molecule has 52 heavy (non-hydrogen) atoms. The lowest BCUT2D eigenvalue weighted by molar-refractivity contribution is 0.476. The molecule has 12 rings (SSSR count). The van der Waals surface area contributed by atoms with Crippen LogP contribution in [0, 0.1) is 0 Å². The topological polar surface area (TPSA) is 19.1 Å². The van der Waals surface area contributed by atoms with Crippen LogP contribution in [-0.2, 0) is 0 Å². The number of hydrogen-bond acceptors (Lipinski definition) is 2. The van der Waals surface area contributed by atoms with Crippen molar-refractivity contribution in [2.75, 3.05) is 0 Å². The number of fused-ring (bicyclic) bond motifs is 11. The molecule has 11 aromatic rings. The number of aromatic nitrogens is 2. The lowest BCUT2D eigenvalue weighted by atomic mass is 9.98. The zero-order valence-corrected chi connectivity index (χ0v) is 28.7. The summed E-state index contributed by atoms with van der Waals surface area (Å²) < 4.78 is 13.8. The third-order valence-electron chi connectivity index (χ3n) is 10.9. The molecular weight excluding hydrogens is 653 g/mol. The molecule has 0 unspecified atom stereocenters. The molecule has 0 fully saturated rings. The predicted molar refractivity (Wildman–Crippen MR) is 219 cm³/mol. The third kappa shape index (κ3) is 3.84. The van der Waals surface area contributed by atoms with Crippen molar-refractivity contribution in [1.82, 2.24) is 9.13 Å². The fraction of sp³-hybridized carbons (Fsp3) is 0. The zero-order chi connectivity index (χ0) is 33.9. The molecule has 1 aliphatic rings. The van der Waals surface area contributed by atoms with Crippen LogP contribution in [0.5, 0.6) is 11.5 Å². The molecule has 0 bridgehead atoms. The van der Waals surface area contributed by atoms with Gasteiger partial charge in [-0.15, -0.1) is 11.3 Å². The molecule has 4 heterocycles.